The van der Waals surface area contributed by atoms with Gasteiger partial charge in [-0.05, 0) is 69.9 Å². The molecule has 11 nitrogen and oxygen atoms in total. The Morgan fingerprint density at radius 1 is 0.477 bits per heavy atom. The quantitative estimate of drug-likeness (QED) is 0.188. The molecule has 0 unspecified atom stereocenters. The third kappa shape index (κ3) is 225. The number of carbonyl (C=O) groups is 5. The van der Waals surface area contributed by atoms with Gasteiger partial charge in [-0.25, -0.2) is 4.98 Å². The number of thiazole rings is 1. The summed E-state index contributed by atoms with van der Waals surface area (Å²) in [7, 11) is 3.17. The van der Waals surface area contributed by atoms with Crippen molar-refractivity contribution in [1.82, 2.24) is 20.1 Å². The molecule has 1 aliphatic carbocycles. The molecule has 4 atom stereocenters. The van der Waals surface area contributed by atoms with E-state index in [4.69, 9.17) is 9.47 Å². The Balaban J connectivity index is -0.00000000774. The Hall–Kier alpha value is 74.3. The average molecular weight is 10200 g/mol. The molecule has 1 N–H and O–H groups in total. The van der Waals surface area contributed by atoms with Crippen molar-refractivity contribution in [2.45, 2.75) is 136 Å². The van der Waals surface area contributed by atoms with E-state index >= 15 is 0 Å². The van der Waals surface area contributed by atoms with E-state index in [1.165, 1.54) is 25.4 Å². The van der Waals surface area contributed by atoms with Gasteiger partial charge in [0.15, 0.2) is 11.9 Å². The van der Waals surface area contributed by atoms with Crippen LogP contribution in [0.15, 0.2) is 5.38 Å². The van der Waals surface area contributed by atoms with Crippen molar-refractivity contribution in [2.75, 3.05) is 27.2 Å². The predicted octanol–water partition coefficient (Wildman–Crippen LogP) is 5.97. The van der Waals surface area contributed by atoms with Crippen LogP contribution in [0, 0.1) is 2340 Å². The van der Waals surface area contributed by atoms with E-state index < -0.39 is 18.0 Å². The van der Waals surface area contributed by atoms with Gasteiger partial charge in [0.05, 0.1) is 19.1 Å². The van der Waals surface area contributed by atoms with Crippen LogP contribution in [0.3, 0.4) is 0 Å². The Morgan fingerprint density at radius 3 is 1.06 bits per heavy atom. The molecule has 816 valence electrons. The minimum Gasteiger partial charge on any atom is -0.469 e. The van der Waals surface area contributed by atoms with Crippen molar-refractivity contribution < 1.29 is 2350 Å². The van der Waals surface area contributed by atoms with Gasteiger partial charge in [-0.2, -0.15) is 0 Å². The molecule has 1 aromatic heterocycles. The van der Waals surface area contributed by atoms with Crippen LogP contribution in [-0.4, -0.2) is 89.7 Å². The summed E-state index contributed by atoms with van der Waals surface area (Å²) in [6.45, 7) is 13.4. The number of ether oxygens (including phenoxy) is 2. The first kappa shape index (κ1) is 388. The van der Waals surface area contributed by atoms with Crippen molar-refractivity contribution in [3.63, 3.8) is 0 Å². The van der Waals surface area contributed by atoms with Crippen LogP contribution in [0.5, 0.6) is 0 Å². The van der Waals surface area contributed by atoms with E-state index in [0.29, 0.717) is 37.1 Å². The summed E-state index contributed by atoms with van der Waals surface area (Å²) < 4.78 is 10.6. The second-order valence-electron chi connectivity index (χ2n) is 14.6. The minimum absolute atomic E-state index is 0. The zero-order chi connectivity index (χ0) is 36.2. The minimum atomic E-state index is -0.754. The number of piperidine rings is 1. The molecular weight excluding hydrogens is 10200 g/mol. The molecule has 3 rings (SSSR count). The summed E-state index contributed by atoms with van der Waals surface area (Å²) in [5.41, 5.74) is 0.242. The number of unbranched alkanes of at least 4 members (excludes halogenated alkanes) is 1. The van der Waals surface area contributed by atoms with Crippen LogP contribution in [0.25, 0.3) is 0 Å². The average Bonchev–Trinajstić information content (AvgIpc) is 3.57. The van der Waals surface area contributed by atoms with Crippen LogP contribution in [0.1, 0.15) is 134 Å². The molecule has 1 aliphatic heterocycles. The van der Waals surface area contributed by atoms with E-state index in [9.17, 15) is 24.0 Å². The Kier molecular flexibility index (Phi) is 1020. The third-order valence-electron chi connectivity index (χ3n) is 10.3. The van der Waals surface area contributed by atoms with Crippen molar-refractivity contribution in [2.24, 2.45) is 23.7 Å². The first-order valence-corrected chi connectivity index (χ1v) is 19.2. The van der Waals surface area contributed by atoms with Crippen LogP contribution in [-0.2, 0) is 28.7 Å². The second kappa shape index (κ2) is 288. The monoisotopic (exact) mass is 10200 g/mol. The molecule has 1 saturated heterocycles. The molecule has 60 radical (unpaired) electrons. The van der Waals surface area contributed by atoms with Crippen molar-refractivity contribution >= 4 is 40.9 Å². The number of hydrogen-bond acceptors (Lipinski definition) is 10. The van der Waals surface area contributed by atoms with E-state index in [2.05, 4.69) is 22.1 Å². The van der Waals surface area contributed by atoms with Gasteiger partial charge < -0.3 is 19.7 Å². The number of rotatable bonds is 17. The van der Waals surface area contributed by atoms with E-state index in [-0.39, 0.29) is 2390 Å². The standard InChI is InChI=1S/C37H60N4O7S.60Tb/c1-9-10-18-41-19-12-11-13-30(41)32(43)20-28(23(2)3)36(45)40(7)31(24(4)5)21-33(48-25(6)42)35-39-29(22-49-35)34(44)38-27-16-14-26(15-17-27)37(46)47-8;;;;;;;;;;;;;;;;;;;;;;;;;;;;;;;;;;;;;;;;;;;;;;;;;;;;;;;;;;;;/h22-24,26-28,30-31,33H,9-21H2,1-8H3,(H,38,44);;;;;;;;;;;;;;;;;;;;;;;;;;;;;;;;;;;;;;;;;;;;;;;;;;;;;;;;;;;;/t26?,27?,28-,30+,31+,33+;;;;;;;;;;;;;;;;;;;;;;;;;;;;;;;;;;;;;;;;;;;;;;;;;;;;;;;;;;;;/m0............................................................/s1. The smallest absolute Gasteiger partial charge is 0.308 e. The fraction of sp³-hybridized carbons (Fsp3) is 0.784. The van der Waals surface area contributed by atoms with Crippen molar-refractivity contribution in [1.29, 1.82) is 0 Å². The molecule has 0 spiro atoms. The molecule has 2 amide bonds. The van der Waals surface area contributed by atoms with Gasteiger partial charge in [0.2, 0.25) is 5.91 Å². The van der Waals surface area contributed by atoms with Gasteiger partial charge in [0.25, 0.3) is 5.91 Å². The van der Waals surface area contributed by atoms with Crippen LogP contribution < -0.4 is 5.32 Å². The SMILES string of the molecule is CCCCN1CCCC[C@@H]1C(=O)C[C@H](C(=O)N(C)[C@H](C[C@@H](OC(C)=O)c1nc(C(=O)NC2CCC(C(=O)OC)CC2)cs1)C(C)C)C(C)C.[Tb].[Tb].[Tb].[Tb].[Tb].[Tb].[Tb].[Tb].[Tb].[Tb].[Tb].[Tb].[Tb].[Tb].[Tb].[Tb].[Tb].[Tb].[Tb].[Tb].[Tb].[Tb].[Tb].[Tb].[Tb].[Tb].[Tb].[Tb].[Tb].[Tb].[Tb].[Tb].[Tb].[Tb].[Tb].[Tb].[Tb].[Tb].[Tb].[Tb].[Tb].[Tb].[Tb].[Tb].[Tb].[Tb].[Tb].[Tb].[Tb].[Tb].[Tb].[Tb].[Tb].[Tb].[Tb].[Tb].[Tb].[Tb].[Tb].[Tb]. The molecule has 72 heteroatoms. The summed E-state index contributed by atoms with van der Waals surface area (Å²) in [6, 6.07) is -0.499. The summed E-state index contributed by atoms with van der Waals surface area (Å²) in [6.07, 6.45) is 7.54. The number of methoxy groups -OCH3 is 1. The molecule has 2 heterocycles. The largest absolute Gasteiger partial charge is 0.469 e. The summed E-state index contributed by atoms with van der Waals surface area (Å²) in [5, 5.41) is 5.18. The topological polar surface area (TPSA) is 135 Å². The van der Waals surface area contributed by atoms with Crippen LogP contribution in [0.4, 0.5) is 0 Å². The molecule has 1 saturated carbocycles. The van der Waals surface area contributed by atoms with Gasteiger partial charge >= 0.3 is 11.9 Å². The summed E-state index contributed by atoms with van der Waals surface area (Å²) in [4.78, 5) is 73.8. The fourth-order valence-corrected chi connectivity index (χ4v) is 8.15. The molecule has 0 bridgehead atoms. The Labute approximate surface area is 2510 Å². The number of nitrogens with zero attached hydrogens (tertiary/aromatic N) is 3. The molecule has 0 aromatic carbocycles. The van der Waals surface area contributed by atoms with Crippen molar-refractivity contribution in [3.8, 4) is 0 Å². The van der Waals surface area contributed by atoms with E-state index in [1.807, 2.05) is 27.7 Å². The van der Waals surface area contributed by atoms with Crippen LogP contribution in [0.2, 0.25) is 0 Å². The number of amides is 2. The Bertz CT molecular complexity index is 1370. The maximum absolute atomic E-state index is 14.2. The van der Waals surface area contributed by atoms with Gasteiger partial charge in [-0.1, -0.05) is 47.5 Å². The normalized spacial score (nSPS) is 9.83. The molecule has 1 aromatic rings. The van der Waals surface area contributed by atoms with Crippen molar-refractivity contribution in [3.05, 3.63) is 16.1 Å². The maximum Gasteiger partial charge on any atom is 0.308 e. The van der Waals surface area contributed by atoms with Gasteiger partial charge in [-0.3, -0.25) is 28.9 Å². The number of aromatic nitrogens is 1. The van der Waals surface area contributed by atoms with Gasteiger partial charge in [0, 0.05) is 2370 Å². The third-order valence-corrected chi connectivity index (χ3v) is 11.3. The Morgan fingerprint density at radius 2 is 0.789 bits per heavy atom. The molecular formula is C37H60N4O7STb60. The molecule has 2 aliphatic rings. The van der Waals surface area contributed by atoms with Gasteiger partial charge in [0.1, 0.15) is 10.7 Å². The van der Waals surface area contributed by atoms with E-state index in [0.717, 1.165) is 45.2 Å². The second-order valence-corrected chi connectivity index (χ2v) is 15.5. The number of likely N-dealkylation sites (tertiary alicyclic amines) is 1. The van der Waals surface area contributed by atoms with E-state index in [1.54, 1.807) is 17.3 Å². The molecule has 109 heavy (non-hydrogen) atoms. The number of nitrogens with one attached hydrogen (secondary N) is 1. The van der Waals surface area contributed by atoms with Crippen LogP contribution >= 0.6 is 11.3 Å². The summed E-state index contributed by atoms with van der Waals surface area (Å²) in [5.74, 6) is -1.54. The number of hydrogen-bond donors (Lipinski definition) is 1. The number of Topliss-reactive ketones (excluding diaryl/α,β-unsaturated/α-hetero) is 1. The first-order chi connectivity index (χ1) is 23.3. The predicted molar refractivity (Wildman–Crippen MR) is 190 cm³/mol. The number of carbonyl (C=O) groups excluding carboxylic acids is 5. The molecule has 2 fully saturated rings. The number of ketones is 1. The zero-order valence-corrected chi connectivity index (χ0v) is 180. The number of esters is 2. The zero-order valence-electron chi connectivity index (χ0n) is 51.0. The fourth-order valence-electron chi connectivity index (χ4n) is 7.31. The first-order valence-electron chi connectivity index (χ1n) is 18.3. The van der Waals surface area contributed by atoms with Gasteiger partial charge in [-0.15, -0.1) is 11.3 Å². The maximum atomic E-state index is 14.2. The summed E-state index contributed by atoms with van der Waals surface area (Å²) >= 11 is 1.25.